The quantitative estimate of drug-likeness (QED) is 0.183. The number of carbonyl (C=O) groups is 1. The minimum absolute atomic E-state index is 0. The molecule has 40 heavy (non-hydrogen) atoms. The monoisotopic (exact) mass is 542 g/mol. The highest BCUT2D eigenvalue weighted by Crippen LogP contribution is 2.36. The van der Waals surface area contributed by atoms with Crippen molar-refractivity contribution in [1.29, 1.82) is 0 Å². The van der Waals surface area contributed by atoms with E-state index in [-0.39, 0.29) is 24.2 Å². The van der Waals surface area contributed by atoms with Crippen LogP contribution in [0.3, 0.4) is 0 Å². The highest BCUT2D eigenvalue weighted by atomic mass is 35.5. The summed E-state index contributed by atoms with van der Waals surface area (Å²) < 4.78 is 0. The van der Waals surface area contributed by atoms with Crippen LogP contribution in [0.4, 0.5) is 0 Å². The van der Waals surface area contributed by atoms with Gasteiger partial charge in [-0.1, -0.05) is 146 Å². The van der Waals surface area contributed by atoms with Crippen LogP contribution in [-0.4, -0.2) is 22.3 Å². The summed E-state index contributed by atoms with van der Waals surface area (Å²) in [6.07, 6.45) is 4.18. The van der Waals surface area contributed by atoms with Gasteiger partial charge in [0, 0.05) is 18.0 Å². The Balaban J connectivity index is 0.00000323. The summed E-state index contributed by atoms with van der Waals surface area (Å²) in [5, 5.41) is 0. The highest BCUT2D eigenvalue weighted by molar-refractivity contribution is 6.00. The summed E-state index contributed by atoms with van der Waals surface area (Å²) in [7, 11) is 0. The first-order valence-corrected chi connectivity index (χ1v) is 13.3. The maximum absolute atomic E-state index is 13.8. The van der Waals surface area contributed by atoms with E-state index >= 15 is 0 Å². The van der Waals surface area contributed by atoms with Gasteiger partial charge in [-0.3, -0.25) is 4.79 Å². The van der Waals surface area contributed by atoms with E-state index in [9.17, 15) is 4.79 Å². The fourth-order valence-electron chi connectivity index (χ4n) is 5.38. The first-order valence-electron chi connectivity index (χ1n) is 13.3. The molecule has 198 valence electrons. The standard InChI is InChI=1S/C36H30N2O.ClH/c39-36(33-19-11-4-12-20-33)35(31-17-9-3-10-18-31)38-26-25-37(27-38)34(30-15-7-2-8-16-30)32-23-21-29(22-24-32)28-13-5-1-6-14-28;/h1-26,34-35H,27H2;1H. The lowest BCUT2D eigenvalue weighted by Crippen LogP contribution is -2.35. The predicted molar refractivity (Wildman–Crippen MR) is 165 cm³/mol. The number of hydrogen-bond acceptors (Lipinski definition) is 3. The second-order valence-electron chi connectivity index (χ2n) is 9.81. The average molecular weight is 543 g/mol. The Morgan fingerprint density at radius 1 is 0.500 bits per heavy atom. The molecule has 0 fully saturated rings. The molecule has 3 nitrogen and oxygen atoms in total. The van der Waals surface area contributed by atoms with Gasteiger partial charge in [0.05, 0.1) is 12.7 Å². The molecule has 0 aliphatic carbocycles. The molecule has 4 heteroatoms. The van der Waals surface area contributed by atoms with Gasteiger partial charge in [-0.05, 0) is 27.8 Å². The Morgan fingerprint density at radius 2 is 0.950 bits per heavy atom. The molecule has 1 aliphatic rings. The zero-order chi connectivity index (χ0) is 26.4. The number of Topliss-reactive ketones (excluding diaryl/α,β-unsaturated/α-hetero) is 1. The van der Waals surface area contributed by atoms with Crippen molar-refractivity contribution >= 4 is 18.2 Å². The van der Waals surface area contributed by atoms with E-state index in [1.54, 1.807) is 0 Å². The molecule has 1 aliphatic heterocycles. The summed E-state index contributed by atoms with van der Waals surface area (Å²) in [4.78, 5) is 18.3. The lowest BCUT2D eigenvalue weighted by atomic mass is 9.95. The van der Waals surface area contributed by atoms with E-state index in [2.05, 4.69) is 101 Å². The van der Waals surface area contributed by atoms with Crippen LogP contribution in [0.2, 0.25) is 0 Å². The molecule has 0 bridgehead atoms. The van der Waals surface area contributed by atoms with E-state index in [4.69, 9.17) is 0 Å². The van der Waals surface area contributed by atoms with Crippen LogP contribution in [0, 0.1) is 0 Å². The molecule has 0 saturated carbocycles. The number of halogens is 1. The topological polar surface area (TPSA) is 23.6 Å². The third-order valence-corrected chi connectivity index (χ3v) is 7.31. The van der Waals surface area contributed by atoms with E-state index in [0.717, 1.165) is 5.56 Å². The maximum atomic E-state index is 13.8. The Kier molecular flexibility index (Phi) is 8.44. The van der Waals surface area contributed by atoms with Crippen LogP contribution in [0.25, 0.3) is 11.1 Å². The molecular weight excluding hydrogens is 512 g/mol. The average Bonchev–Trinajstić information content (AvgIpc) is 3.48. The van der Waals surface area contributed by atoms with Crippen LogP contribution in [0.15, 0.2) is 158 Å². The minimum atomic E-state index is -0.410. The van der Waals surface area contributed by atoms with Crippen molar-refractivity contribution in [3.05, 3.63) is 180 Å². The van der Waals surface area contributed by atoms with Gasteiger partial charge in [0.1, 0.15) is 6.04 Å². The van der Waals surface area contributed by atoms with E-state index in [1.807, 2.05) is 66.7 Å². The number of carbonyl (C=O) groups excluding carboxylic acids is 1. The fraction of sp³-hybridized carbons (Fsp3) is 0.0833. The van der Waals surface area contributed by atoms with Crippen LogP contribution in [0.1, 0.15) is 39.1 Å². The second kappa shape index (κ2) is 12.5. The van der Waals surface area contributed by atoms with Gasteiger partial charge in [0.15, 0.2) is 5.78 Å². The zero-order valence-corrected chi connectivity index (χ0v) is 22.9. The van der Waals surface area contributed by atoms with Gasteiger partial charge >= 0.3 is 0 Å². The molecule has 0 radical (unpaired) electrons. The first-order chi connectivity index (χ1) is 19.3. The molecule has 1 heterocycles. The third kappa shape index (κ3) is 5.70. The van der Waals surface area contributed by atoms with Crippen molar-refractivity contribution in [2.75, 3.05) is 6.67 Å². The number of benzene rings is 5. The Labute approximate surface area is 242 Å². The smallest absolute Gasteiger partial charge is 0.189 e. The van der Waals surface area contributed by atoms with Crippen LogP contribution in [0.5, 0.6) is 0 Å². The van der Waals surface area contributed by atoms with Crippen LogP contribution < -0.4 is 0 Å². The van der Waals surface area contributed by atoms with E-state index in [1.165, 1.54) is 22.3 Å². The number of ketones is 1. The fourth-order valence-corrected chi connectivity index (χ4v) is 5.38. The molecule has 0 spiro atoms. The summed E-state index contributed by atoms with van der Waals surface area (Å²) in [6.45, 7) is 0.595. The van der Waals surface area contributed by atoms with Crippen LogP contribution in [-0.2, 0) is 0 Å². The molecule has 5 aromatic rings. The number of hydrogen-bond donors (Lipinski definition) is 0. The Bertz CT molecular complexity index is 1540. The predicted octanol–water partition coefficient (Wildman–Crippen LogP) is 8.54. The molecule has 6 rings (SSSR count). The normalized spacial score (nSPS) is 13.9. The van der Waals surface area contributed by atoms with Crippen molar-refractivity contribution in [3.63, 3.8) is 0 Å². The largest absolute Gasteiger partial charge is 0.348 e. The third-order valence-electron chi connectivity index (χ3n) is 7.31. The zero-order valence-electron chi connectivity index (χ0n) is 22.1. The van der Waals surface area contributed by atoms with E-state index in [0.29, 0.717) is 12.2 Å². The molecule has 5 aromatic carbocycles. The number of rotatable bonds is 8. The second-order valence-corrected chi connectivity index (χ2v) is 9.81. The molecule has 2 unspecified atom stereocenters. The SMILES string of the molecule is Cl.O=C(c1ccccc1)C(c1ccccc1)N1C=CN(C(c2ccccc2)c2ccc(-c3ccccc3)cc2)C1. The highest BCUT2D eigenvalue weighted by Gasteiger charge is 2.32. The van der Waals surface area contributed by atoms with E-state index < -0.39 is 6.04 Å². The van der Waals surface area contributed by atoms with Crippen LogP contribution >= 0.6 is 12.4 Å². The van der Waals surface area contributed by atoms with Crippen molar-refractivity contribution in [2.24, 2.45) is 0 Å². The molecule has 0 N–H and O–H groups in total. The van der Waals surface area contributed by atoms with Gasteiger partial charge in [0.25, 0.3) is 0 Å². The maximum Gasteiger partial charge on any atom is 0.189 e. The lowest BCUT2D eigenvalue weighted by molar-refractivity contribution is 0.0841. The summed E-state index contributed by atoms with van der Waals surface area (Å²) >= 11 is 0. The van der Waals surface area contributed by atoms with Gasteiger partial charge in [-0.2, -0.15) is 0 Å². The van der Waals surface area contributed by atoms with Gasteiger partial charge < -0.3 is 9.80 Å². The molecule has 0 saturated heterocycles. The first kappa shape index (κ1) is 27.0. The summed E-state index contributed by atoms with van der Waals surface area (Å²) in [5.41, 5.74) is 6.52. The van der Waals surface area contributed by atoms with Gasteiger partial charge in [-0.15, -0.1) is 12.4 Å². The Morgan fingerprint density at radius 3 is 1.55 bits per heavy atom. The molecule has 2 atom stereocenters. The lowest BCUT2D eigenvalue weighted by Gasteiger charge is -2.33. The van der Waals surface area contributed by atoms with Gasteiger partial charge in [-0.25, -0.2) is 0 Å². The molecular formula is C36H31ClN2O. The van der Waals surface area contributed by atoms with Gasteiger partial charge in [0.2, 0.25) is 0 Å². The number of nitrogens with zero attached hydrogens (tertiary/aromatic N) is 2. The summed E-state index contributed by atoms with van der Waals surface area (Å²) in [6, 6.07) is 49.1. The van der Waals surface area contributed by atoms with Crippen molar-refractivity contribution in [3.8, 4) is 11.1 Å². The molecule has 0 amide bonds. The molecule has 0 aromatic heterocycles. The minimum Gasteiger partial charge on any atom is -0.348 e. The Hall–Kier alpha value is -4.60. The summed E-state index contributed by atoms with van der Waals surface area (Å²) in [5.74, 6) is 0.0942. The van der Waals surface area contributed by atoms with Crippen molar-refractivity contribution < 1.29 is 4.79 Å². The van der Waals surface area contributed by atoms with Crippen molar-refractivity contribution in [1.82, 2.24) is 9.80 Å². The van der Waals surface area contributed by atoms with Crippen molar-refractivity contribution in [2.45, 2.75) is 12.1 Å².